The third kappa shape index (κ3) is 2.21. The number of nitrogens with two attached hydrogens (primary N) is 1. The van der Waals surface area contributed by atoms with Crippen molar-refractivity contribution in [1.29, 1.82) is 0 Å². The van der Waals surface area contributed by atoms with E-state index in [4.69, 9.17) is 10.5 Å². The molecule has 0 heterocycles. The number of anilines is 1. The van der Waals surface area contributed by atoms with E-state index in [2.05, 4.69) is 0 Å². The molecule has 0 atom stereocenters. The summed E-state index contributed by atoms with van der Waals surface area (Å²) in [6, 6.07) is 5.13. The summed E-state index contributed by atoms with van der Waals surface area (Å²) in [5.74, 6) is -0.292. The highest BCUT2D eigenvalue weighted by atomic mass is 16.5. The minimum atomic E-state index is -0.292. The van der Waals surface area contributed by atoms with Gasteiger partial charge in [0.1, 0.15) is 0 Å². The SMILES string of the molecule is CCOC(=O)c1ccc(N)cc1C. The molecule has 0 saturated heterocycles. The molecule has 0 aliphatic rings. The fraction of sp³-hybridized carbons (Fsp3) is 0.300. The molecule has 0 amide bonds. The zero-order valence-corrected chi connectivity index (χ0v) is 7.83. The van der Waals surface area contributed by atoms with Crippen LogP contribution in [0.2, 0.25) is 0 Å². The van der Waals surface area contributed by atoms with Crippen molar-refractivity contribution in [1.82, 2.24) is 0 Å². The largest absolute Gasteiger partial charge is 0.462 e. The zero-order chi connectivity index (χ0) is 9.84. The van der Waals surface area contributed by atoms with Crippen LogP contribution in [0.25, 0.3) is 0 Å². The summed E-state index contributed by atoms with van der Waals surface area (Å²) < 4.78 is 4.87. The standard InChI is InChI=1S/C10H13NO2/c1-3-13-10(12)9-5-4-8(11)6-7(9)2/h4-6H,3,11H2,1-2H3. The Kier molecular flexibility index (Phi) is 2.90. The van der Waals surface area contributed by atoms with E-state index in [0.29, 0.717) is 17.9 Å². The second-order valence-corrected chi connectivity index (χ2v) is 2.79. The summed E-state index contributed by atoms with van der Waals surface area (Å²) in [5.41, 5.74) is 7.63. The molecule has 0 bridgehead atoms. The summed E-state index contributed by atoms with van der Waals surface area (Å²) in [4.78, 5) is 11.3. The molecule has 0 saturated carbocycles. The normalized spacial score (nSPS) is 9.69. The Labute approximate surface area is 77.5 Å². The maximum Gasteiger partial charge on any atom is 0.338 e. The highest BCUT2D eigenvalue weighted by Crippen LogP contribution is 2.13. The maximum atomic E-state index is 11.3. The lowest BCUT2D eigenvalue weighted by Gasteiger charge is -2.05. The van der Waals surface area contributed by atoms with Gasteiger partial charge in [-0.15, -0.1) is 0 Å². The smallest absolute Gasteiger partial charge is 0.338 e. The topological polar surface area (TPSA) is 52.3 Å². The van der Waals surface area contributed by atoms with Crippen molar-refractivity contribution >= 4 is 11.7 Å². The molecule has 0 unspecified atom stereocenters. The monoisotopic (exact) mass is 179 g/mol. The zero-order valence-electron chi connectivity index (χ0n) is 7.83. The number of carbonyl (C=O) groups is 1. The van der Waals surface area contributed by atoms with E-state index in [1.165, 1.54) is 0 Å². The molecule has 3 heteroatoms. The average molecular weight is 179 g/mol. The number of ether oxygens (including phenoxy) is 1. The Morgan fingerprint density at radius 2 is 2.23 bits per heavy atom. The van der Waals surface area contributed by atoms with E-state index in [0.717, 1.165) is 5.56 Å². The van der Waals surface area contributed by atoms with Gasteiger partial charge in [0, 0.05) is 5.69 Å². The summed E-state index contributed by atoms with van der Waals surface area (Å²) in [6.45, 7) is 4.01. The van der Waals surface area contributed by atoms with Gasteiger partial charge in [-0.05, 0) is 37.6 Å². The number of nitrogen functional groups attached to an aromatic ring is 1. The van der Waals surface area contributed by atoms with Gasteiger partial charge in [-0.1, -0.05) is 0 Å². The first kappa shape index (κ1) is 9.58. The van der Waals surface area contributed by atoms with Gasteiger partial charge in [0.25, 0.3) is 0 Å². The molecule has 13 heavy (non-hydrogen) atoms. The van der Waals surface area contributed by atoms with Crippen LogP contribution in [-0.2, 0) is 4.74 Å². The molecular formula is C10H13NO2. The van der Waals surface area contributed by atoms with E-state index in [1.54, 1.807) is 25.1 Å². The summed E-state index contributed by atoms with van der Waals surface area (Å²) in [5, 5.41) is 0. The van der Waals surface area contributed by atoms with E-state index < -0.39 is 0 Å². The second kappa shape index (κ2) is 3.94. The van der Waals surface area contributed by atoms with Crippen molar-refractivity contribution in [2.45, 2.75) is 13.8 Å². The van der Waals surface area contributed by atoms with Crippen LogP contribution < -0.4 is 5.73 Å². The van der Waals surface area contributed by atoms with E-state index in [9.17, 15) is 4.79 Å². The van der Waals surface area contributed by atoms with Crippen LogP contribution in [0.4, 0.5) is 5.69 Å². The number of esters is 1. The predicted octanol–water partition coefficient (Wildman–Crippen LogP) is 1.75. The van der Waals surface area contributed by atoms with Crippen molar-refractivity contribution < 1.29 is 9.53 Å². The number of hydrogen-bond acceptors (Lipinski definition) is 3. The Bertz CT molecular complexity index is 321. The lowest BCUT2D eigenvalue weighted by atomic mass is 10.1. The Morgan fingerprint density at radius 1 is 1.54 bits per heavy atom. The van der Waals surface area contributed by atoms with E-state index in [-0.39, 0.29) is 5.97 Å². The lowest BCUT2D eigenvalue weighted by molar-refractivity contribution is 0.0525. The molecular weight excluding hydrogens is 166 g/mol. The summed E-state index contributed by atoms with van der Waals surface area (Å²) >= 11 is 0. The first-order valence-electron chi connectivity index (χ1n) is 4.18. The summed E-state index contributed by atoms with van der Waals surface area (Å²) in [6.07, 6.45) is 0. The minimum absolute atomic E-state index is 0.292. The van der Waals surface area contributed by atoms with Crippen molar-refractivity contribution in [3.05, 3.63) is 29.3 Å². The summed E-state index contributed by atoms with van der Waals surface area (Å²) in [7, 11) is 0. The van der Waals surface area contributed by atoms with Crippen LogP contribution >= 0.6 is 0 Å². The first-order chi connectivity index (χ1) is 6.15. The molecule has 70 valence electrons. The highest BCUT2D eigenvalue weighted by Gasteiger charge is 2.08. The van der Waals surface area contributed by atoms with Crippen LogP contribution in [0.15, 0.2) is 18.2 Å². The molecule has 1 rings (SSSR count). The Balaban J connectivity index is 2.95. The maximum absolute atomic E-state index is 11.3. The van der Waals surface area contributed by atoms with Crippen molar-refractivity contribution in [3.8, 4) is 0 Å². The molecule has 3 nitrogen and oxygen atoms in total. The van der Waals surface area contributed by atoms with Crippen molar-refractivity contribution in [3.63, 3.8) is 0 Å². The van der Waals surface area contributed by atoms with Gasteiger partial charge >= 0.3 is 5.97 Å². The molecule has 1 aromatic rings. The van der Waals surface area contributed by atoms with Gasteiger partial charge in [-0.3, -0.25) is 0 Å². The number of benzene rings is 1. The fourth-order valence-electron chi connectivity index (χ4n) is 1.12. The van der Waals surface area contributed by atoms with Crippen LogP contribution in [0.5, 0.6) is 0 Å². The van der Waals surface area contributed by atoms with E-state index >= 15 is 0 Å². The average Bonchev–Trinajstić information content (AvgIpc) is 2.04. The Morgan fingerprint density at radius 3 is 2.77 bits per heavy atom. The molecule has 0 aliphatic heterocycles. The highest BCUT2D eigenvalue weighted by molar-refractivity contribution is 5.91. The van der Waals surface area contributed by atoms with Crippen LogP contribution in [0.1, 0.15) is 22.8 Å². The number of rotatable bonds is 2. The molecule has 1 aromatic carbocycles. The lowest BCUT2D eigenvalue weighted by Crippen LogP contribution is -2.06. The Hall–Kier alpha value is -1.51. The molecule has 0 spiro atoms. The number of hydrogen-bond donors (Lipinski definition) is 1. The number of carbonyl (C=O) groups excluding carboxylic acids is 1. The van der Waals surface area contributed by atoms with Crippen molar-refractivity contribution in [2.24, 2.45) is 0 Å². The quantitative estimate of drug-likeness (QED) is 0.556. The molecule has 0 fully saturated rings. The molecule has 2 N–H and O–H groups in total. The van der Waals surface area contributed by atoms with Crippen molar-refractivity contribution in [2.75, 3.05) is 12.3 Å². The molecule has 0 aromatic heterocycles. The number of aryl methyl sites for hydroxylation is 1. The third-order valence-electron chi connectivity index (χ3n) is 1.75. The predicted molar refractivity (Wildman–Crippen MR) is 51.5 cm³/mol. The van der Waals surface area contributed by atoms with Gasteiger partial charge in [-0.2, -0.15) is 0 Å². The first-order valence-corrected chi connectivity index (χ1v) is 4.18. The third-order valence-corrected chi connectivity index (χ3v) is 1.75. The van der Waals surface area contributed by atoms with Gasteiger partial charge < -0.3 is 10.5 Å². The molecule has 0 radical (unpaired) electrons. The minimum Gasteiger partial charge on any atom is -0.462 e. The van der Waals surface area contributed by atoms with Gasteiger partial charge in [-0.25, -0.2) is 4.79 Å². The van der Waals surface area contributed by atoms with Crippen LogP contribution in [0.3, 0.4) is 0 Å². The second-order valence-electron chi connectivity index (χ2n) is 2.79. The van der Waals surface area contributed by atoms with Gasteiger partial charge in [0.15, 0.2) is 0 Å². The molecule has 0 aliphatic carbocycles. The van der Waals surface area contributed by atoms with Crippen LogP contribution in [-0.4, -0.2) is 12.6 Å². The van der Waals surface area contributed by atoms with Gasteiger partial charge in [0.2, 0.25) is 0 Å². The van der Waals surface area contributed by atoms with Gasteiger partial charge in [0.05, 0.1) is 12.2 Å². The van der Waals surface area contributed by atoms with E-state index in [1.807, 2.05) is 6.92 Å². The fourth-order valence-corrected chi connectivity index (χ4v) is 1.12. The van der Waals surface area contributed by atoms with Crippen LogP contribution in [0, 0.1) is 6.92 Å².